The first-order valence-electron chi connectivity index (χ1n) is 5.20. The standard InChI is InChI=1S/C11H15N3OS/c1-3-4-9(5-12)11(15)14(2)6-10-7-16-8-13-10/h7-9H,3-4,6H2,1-2H3. The Kier molecular flexibility index (Phi) is 4.93. The van der Waals surface area contributed by atoms with Crippen LogP contribution in [0.3, 0.4) is 0 Å². The van der Waals surface area contributed by atoms with Gasteiger partial charge in [0.05, 0.1) is 23.8 Å². The number of carbonyl (C=O) groups is 1. The van der Waals surface area contributed by atoms with E-state index >= 15 is 0 Å². The van der Waals surface area contributed by atoms with Gasteiger partial charge < -0.3 is 4.90 Å². The van der Waals surface area contributed by atoms with Crippen molar-refractivity contribution in [1.82, 2.24) is 9.88 Å². The summed E-state index contributed by atoms with van der Waals surface area (Å²) < 4.78 is 0. The fourth-order valence-electron chi connectivity index (χ4n) is 1.43. The molecule has 0 N–H and O–H groups in total. The van der Waals surface area contributed by atoms with Crippen molar-refractivity contribution in [1.29, 1.82) is 5.26 Å². The van der Waals surface area contributed by atoms with Crippen LogP contribution >= 0.6 is 11.3 Å². The predicted octanol–water partition coefficient (Wildman–Crippen LogP) is 2.04. The van der Waals surface area contributed by atoms with Gasteiger partial charge in [0, 0.05) is 12.4 Å². The predicted molar refractivity (Wildman–Crippen MR) is 62.6 cm³/mol. The number of hydrogen-bond donors (Lipinski definition) is 0. The van der Waals surface area contributed by atoms with Crippen molar-refractivity contribution in [3.05, 3.63) is 16.6 Å². The summed E-state index contributed by atoms with van der Waals surface area (Å²) in [6, 6.07) is 2.05. The molecular weight excluding hydrogens is 222 g/mol. The highest BCUT2D eigenvalue weighted by atomic mass is 32.1. The van der Waals surface area contributed by atoms with Gasteiger partial charge in [0.15, 0.2) is 0 Å². The van der Waals surface area contributed by atoms with Crippen LogP contribution in [-0.2, 0) is 11.3 Å². The molecule has 0 fully saturated rings. The maximum atomic E-state index is 11.9. The molecule has 5 heteroatoms. The Morgan fingerprint density at radius 1 is 1.75 bits per heavy atom. The number of rotatable bonds is 5. The minimum absolute atomic E-state index is 0.114. The SMILES string of the molecule is CCCC(C#N)C(=O)N(C)Cc1cscn1. The minimum Gasteiger partial charge on any atom is -0.339 e. The minimum atomic E-state index is -0.520. The van der Waals surface area contributed by atoms with E-state index in [1.807, 2.05) is 12.3 Å². The van der Waals surface area contributed by atoms with Gasteiger partial charge in [0.1, 0.15) is 5.92 Å². The third-order valence-electron chi connectivity index (χ3n) is 2.29. The molecule has 0 radical (unpaired) electrons. The summed E-state index contributed by atoms with van der Waals surface area (Å²) >= 11 is 1.50. The molecule has 1 aromatic rings. The summed E-state index contributed by atoms with van der Waals surface area (Å²) in [4.78, 5) is 17.5. The molecule has 0 bridgehead atoms. The Labute approximate surface area is 99.5 Å². The van der Waals surface area contributed by atoms with Crippen molar-refractivity contribution in [3.63, 3.8) is 0 Å². The van der Waals surface area contributed by atoms with Gasteiger partial charge in [-0.1, -0.05) is 13.3 Å². The second-order valence-corrected chi connectivity index (χ2v) is 4.36. The number of hydrogen-bond acceptors (Lipinski definition) is 4. The molecule has 1 rings (SSSR count). The largest absolute Gasteiger partial charge is 0.339 e. The van der Waals surface area contributed by atoms with E-state index in [4.69, 9.17) is 5.26 Å². The molecule has 0 aliphatic rings. The molecule has 1 amide bonds. The van der Waals surface area contributed by atoms with Gasteiger partial charge >= 0.3 is 0 Å². The van der Waals surface area contributed by atoms with Crippen LogP contribution in [0, 0.1) is 17.2 Å². The first kappa shape index (κ1) is 12.7. The lowest BCUT2D eigenvalue weighted by atomic mass is 10.0. The van der Waals surface area contributed by atoms with Crippen molar-refractivity contribution in [3.8, 4) is 6.07 Å². The smallest absolute Gasteiger partial charge is 0.240 e. The summed E-state index contributed by atoms with van der Waals surface area (Å²) in [5.74, 6) is -0.633. The zero-order valence-corrected chi connectivity index (χ0v) is 10.3. The molecule has 16 heavy (non-hydrogen) atoms. The van der Waals surface area contributed by atoms with Crippen molar-refractivity contribution in [2.45, 2.75) is 26.3 Å². The van der Waals surface area contributed by atoms with E-state index in [0.29, 0.717) is 13.0 Å². The molecule has 0 aliphatic heterocycles. The maximum absolute atomic E-state index is 11.9. The molecule has 1 aromatic heterocycles. The van der Waals surface area contributed by atoms with Crippen molar-refractivity contribution in [2.24, 2.45) is 5.92 Å². The van der Waals surface area contributed by atoms with Gasteiger partial charge in [-0.2, -0.15) is 5.26 Å². The molecule has 0 saturated carbocycles. The van der Waals surface area contributed by atoms with E-state index < -0.39 is 5.92 Å². The monoisotopic (exact) mass is 237 g/mol. The molecule has 4 nitrogen and oxygen atoms in total. The topological polar surface area (TPSA) is 57.0 Å². The molecule has 86 valence electrons. The van der Waals surface area contributed by atoms with Crippen molar-refractivity contribution >= 4 is 17.2 Å². The summed E-state index contributed by atoms with van der Waals surface area (Å²) in [5.41, 5.74) is 2.61. The van der Waals surface area contributed by atoms with Gasteiger partial charge in [-0.15, -0.1) is 11.3 Å². The van der Waals surface area contributed by atoms with E-state index in [-0.39, 0.29) is 5.91 Å². The highest BCUT2D eigenvalue weighted by molar-refractivity contribution is 7.07. The quantitative estimate of drug-likeness (QED) is 0.787. The molecule has 1 heterocycles. The second-order valence-electron chi connectivity index (χ2n) is 3.64. The van der Waals surface area contributed by atoms with Gasteiger partial charge in [0.2, 0.25) is 5.91 Å². The van der Waals surface area contributed by atoms with Crippen LogP contribution in [0.15, 0.2) is 10.9 Å². The van der Waals surface area contributed by atoms with Gasteiger partial charge in [0.25, 0.3) is 0 Å². The summed E-state index contributed by atoms with van der Waals surface area (Å²) in [6.07, 6.45) is 1.46. The Morgan fingerprint density at radius 2 is 2.50 bits per heavy atom. The average molecular weight is 237 g/mol. The van der Waals surface area contributed by atoms with Crippen LogP contribution in [-0.4, -0.2) is 22.8 Å². The van der Waals surface area contributed by atoms with E-state index in [0.717, 1.165) is 12.1 Å². The fraction of sp³-hybridized carbons (Fsp3) is 0.545. The third kappa shape index (κ3) is 3.31. The molecule has 0 saturated heterocycles. The van der Waals surface area contributed by atoms with Crippen LogP contribution in [0.4, 0.5) is 0 Å². The zero-order chi connectivity index (χ0) is 12.0. The maximum Gasteiger partial charge on any atom is 0.240 e. The molecule has 1 atom stereocenters. The van der Waals surface area contributed by atoms with Crippen LogP contribution < -0.4 is 0 Å². The van der Waals surface area contributed by atoms with Gasteiger partial charge in [-0.3, -0.25) is 4.79 Å². The first-order valence-corrected chi connectivity index (χ1v) is 6.15. The molecule has 0 spiro atoms. The highest BCUT2D eigenvalue weighted by Crippen LogP contribution is 2.11. The van der Waals surface area contributed by atoms with Crippen LogP contribution in [0.5, 0.6) is 0 Å². The third-order valence-corrected chi connectivity index (χ3v) is 2.93. The van der Waals surface area contributed by atoms with Crippen molar-refractivity contribution < 1.29 is 4.79 Å². The average Bonchev–Trinajstić information content (AvgIpc) is 2.77. The van der Waals surface area contributed by atoms with E-state index in [1.165, 1.54) is 11.3 Å². The number of nitriles is 1. The first-order chi connectivity index (χ1) is 7.69. The molecule has 0 aromatic carbocycles. The number of aromatic nitrogens is 1. The normalized spacial score (nSPS) is 11.8. The lowest BCUT2D eigenvalue weighted by Gasteiger charge is -2.18. The van der Waals surface area contributed by atoms with Crippen LogP contribution in [0.25, 0.3) is 0 Å². The number of nitrogens with zero attached hydrogens (tertiary/aromatic N) is 3. The van der Waals surface area contributed by atoms with Crippen LogP contribution in [0.2, 0.25) is 0 Å². The summed E-state index contributed by atoms with van der Waals surface area (Å²) in [6.45, 7) is 2.45. The highest BCUT2D eigenvalue weighted by Gasteiger charge is 2.21. The number of thiazole rings is 1. The number of amides is 1. The van der Waals surface area contributed by atoms with Gasteiger partial charge in [-0.05, 0) is 6.42 Å². The Bertz CT molecular complexity index is 369. The Balaban J connectivity index is 2.56. The molecular formula is C11H15N3OS. The Morgan fingerprint density at radius 3 is 3.00 bits per heavy atom. The second kappa shape index (κ2) is 6.23. The van der Waals surface area contributed by atoms with E-state index in [1.54, 1.807) is 17.5 Å². The van der Waals surface area contributed by atoms with Crippen LogP contribution in [0.1, 0.15) is 25.5 Å². The van der Waals surface area contributed by atoms with Crippen molar-refractivity contribution in [2.75, 3.05) is 7.05 Å². The number of carbonyl (C=O) groups excluding carboxylic acids is 1. The van der Waals surface area contributed by atoms with Gasteiger partial charge in [-0.25, -0.2) is 4.98 Å². The summed E-state index contributed by atoms with van der Waals surface area (Å²) in [5, 5.41) is 10.8. The molecule has 1 unspecified atom stereocenters. The lowest BCUT2D eigenvalue weighted by molar-refractivity contribution is -0.133. The van der Waals surface area contributed by atoms with E-state index in [2.05, 4.69) is 11.1 Å². The lowest BCUT2D eigenvalue weighted by Crippen LogP contribution is -2.32. The summed E-state index contributed by atoms with van der Waals surface area (Å²) in [7, 11) is 1.71. The zero-order valence-electron chi connectivity index (χ0n) is 9.51. The fourth-order valence-corrected chi connectivity index (χ4v) is 1.98. The molecule has 0 aliphatic carbocycles. The van der Waals surface area contributed by atoms with E-state index in [9.17, 15) is 4.79 Å². The Hall–Kier alpha value is -1.41.